The normalized spacial score (nSPS) is 12.3. The third kappa shape index (κ3) is 3.10. The molecule has 110 valence electrons. The first-order valence-corrected chi connectivity index (χ1v) is 7.61. The monoisotopic (exact) mass is 294 g/mol. The van der Waals surface area contributed by atoms with Crippen LogP contribution in [0.15, 0.2) is 66.7 Å². The third-order valence-corrected chi connectivity index (χ3v) is 4.10. The molecule has 0 N–H and O–H groups in total. The van der Waals surface area contributed by atoms with Crippen molar-refractivity contribution in [3.63, 3.8) is 0 Å². The molecule has 3 rings (SSSR count). The molecule has 0 aliphatic heterocycles. The van der Waals surface area contributed by atoms with Gasteiger partial charge in [-0.3, -0.25) is 0 Å². The summed E-state index contributed by atoms with van der Waals surface area (Å²) < 4.78 is 0. The summed E-state index contributed by atoms with van der Waals surface area (Å²) in [6, 6.07) is 20.6. The van der Waals surface area contributed by atoms with Gasteiger partial charge in [-0.1, -0.05) is 73.2 Å². The lowest BCUT2D eigenvalue weighted by Gasteiger charge is -2.01. The van der Waals surface area contributed by atoms with Crippen LogP contribution in [-0.4, -0.2) is 0 Å². The van der Waals surface area contributed by atoms with Gasteiger partial charge in [0.25, 0.3) is 0 Å². The van der Waals surface area contributed by atoms with E-state index in [4.69, 9.17) is 6.42 Å². The van der Waals surface area contributed by atoms with Crippen molar-refractivity contribution in [2.75, 3.05) is 0 Å². The highest BCUT2D eigenvalue weighted by molar-refractivity contribution is 5.83. The van der Waals surface area contributed by atoms with Gasteiger partial charge in [-0.2, -0.15) is 0 Å². The highest BCUT2D eigenvalue weighted by Gasteiger charge is 1.96. The van der Waals surface area contributed by atoms with Crippen LogP contribution >= 0.6 is 0 Å². The quantitative estimate of drug-likeness (QED) is 0.624. The third-order valence-electron chi connectivity index (χ3n) is 4.10. The van der Waals surface area contributed by atoms with Crippen molar-refractivity contribution in [2.45, 2.75) is 6.92 Å². The minimum atomic E-state index is 0.903. The lowest BCUT2D eigenvalue weighted by Crippen LogP contribution is -2.23. The zero-order valence-corrected chi connectivity index (χ0v) is 13.2. The molecule has 0 saturated heterocycles. The molecule has 0 nitrogen and oxygen atoms in total. The molecule has 3 aromatic carbocycles. The van der Waals surface area contributed by atoms with Gasteiger partial charge in [-0.05, 0) is 51.4 Å². The van der Waals surface area contributed by atoms with Gasteiger partial charge in [0.05, 0.1) is 0 Å². The number of allylic oxidation sites excluding steroid dienone is 2. The van der Waals surface area contributed by atoms with Gasteiger partial charge in [0.2, 0.25) is 0 Å². The van der Waals surface area contributed by atoms with Gasteiger partial charge in [0.15, 0.2) is 0 Å². The second kappa shape index (κ2) is 6.38. The SMILES string of the molecule is C#Cc1ccc(/C(C)=C/C=c2/ccc3ccccc3c2=C)cc1. The summed E-state index contributed by atoms with van der Waals surface area (Å²) in [5, 5.41) is 4.63. The summed E-state index contributed by atoms with van der Waals surface area (Å²) in [6.07, 6.45) is 9.65. The van der Waals surface area contributed by atoms with Crippen LogP contribution in [0.2, 0.25) is 0 Å². The largest absolute Gasteiger partial charge is 0.115 e. The fourth-order valence-corrected chi connectivity index (χ4v) is 2.65. The predicted molar refractivity (Wildman–Crippen MR) is 101 cm³/mol. The number of hydrogen-bond acceptors (Lipinski definition) is 0. The highest BCUT2D eigenvalue weighted by Crippen LogP contribution is 2.14. The Hall–Kier alpha value is -3.04. The number of benzene rings is 3. The van der Waals surface area contributed by atoms with Gasteiger partial charge in [0, 0.05) is 5.56 Å². The van der Waals surface area contributed by atoms with Crippen LogP contribution in [-0.2, 0) is 0 Å². The summed E-state index contributed by atoms with van der Waals surface area (Å²) in [5.41, 5.74) is 3.27. The Balaban J connectivity index is 2.02. The maximum atomic E-state index is 5.40. The van der Waals surface area contributed by atoms with Gasteiger partial charge >= 0.3 is 0 Å². The van der Waals surface area contributed by atoms with E-state index in [-0.39, 0.29) is 0 Å². The summed E-state index contributed by atoms with van der Waals surface area (Å²) in [5.74, 6) is 2.64. The molecule has 0 atom stereocenters. The summed E-state index contributed by atoms with van der Waals surface area (Å²) in [4.78, 5) is 0. The Labute approximate surface area is 137 Å². The van der Waals surface area contributed by atoms with Crippen molar-refractivity contribution in [1.29, 1.82) is 0 Å². The summed E-state index contributed by atoms with van der Waals surface area (Å²) in [7, 11) is 0. The Morgan fingerprint density at radius 1 is 1.00 bits per heavy atom. The van der Waals surface area contributed by atoms with E-state index < -0.39 is 0 Å². The number of rotatable bonds is 2. The molecule has 0 unspecified atom stereocenters. The minimum Gasteiger partial charge on any atom is -0.115 e. The molecule has 0 aromatic heterocycles. The Kier molecular flexibility index (Phi) is 4.13. The number of hydrogen-bond donors (Lipinski definition) is 0. The standard InChI is InChI=1S/C23H18/c1-4-19-10-13-20(14-11-19)17(2)9-12-21-15-16-22-7-5-6-8-23(22)18(21)3/h1,5-16H,3H2,2H3/b17-9+,21-12-. The van der Waals surface area contributed by atoms with Crippen LogP contribution in [0.5, 0.6) is 0 Å². The molecular weight excluding hydrogens is 276 g/mol. The zero-order valence-electron chi connectivity index (χ0n) is 13.2. The average Bonchev–Trinajstić information content (AvgIpc) is 2.61. The molecule has 0 fully saturated rings. The maximum absolute atomic E-state index is 5.40. The summed E-state index contributed by atoms with van der Waals surface area (Å²) >= 11 is 0. The fraction of sp³-hybridized carbons (Fsp3) is 0.0435. The van der Waals surface area contributed by atoms with E-state index in [1.165, 1.54) is 21.9 Å². The second-order valence-electron chi connectivity index (χ2n) is 5.59. The first-order valence-electron chi connectivity index (χ1n) is 7.61. The molecule has 0 heterocycles. The molecular formula is C23H18. The fourth-order valence-electron chi connectivity index (χ4n) is 2.65. The van der Waals surface area contributed by atoms with E-state index in [0.29, 0.717) is 0 Å². The van der Waals surface area contributed by atoms with Crippen molar-refractivity contribution in [3.05, 3.63) is 88.3 Å². The van der Waals surface area contributed by atoms with Crippen molar-refractivity contribution >= 4 is 29.0 Å². The predicted octanol–water partition coefficient (Wildman–Crippen LogP) is 4.12. The summed E-state index contributed by atoms with van der Waals surface area (Å²) in [6.45, 7) is 6.34. The van der Waals surface area contributed by atoms with Crippen molar-refractivity contribution in [2.24, 2.45) is 0 Å². The molecule has 0 bridgehead atoms. The lowest BCUT2D eigenvalue weighted by molar-refractivity contribution is 1.54. The number of fused-ring (bicyclic) bond motifs is 1. The van der Waals surface area contributed by atoms with Crippen LogP contribution < -0.4 is 10.4 Å². The van der Waals surface area contributed by atoms with Crippen molar-refractivity contribution in [3.8, 4) is 12.3 Å². The van der Waals surface area contributed by atoms with Gasteiger partial charge in [-0.15, -0.1) is 6.42 Å². The van der Waals surface area contributed by atoms with Gasteiger partial charge in [0.1, 0.15) is 0 Å². The van der Waals surface area contributed by atoms with Crippen molar-refractivity contribution < 1.29 is 0 Å². The molecule has 0 spiro atoms. The van der Waals surface area contributed by atoms with Crippen LogP contribution in [0.4, 0.5) is 0 Å². The van der Waals surface area contributed by atoms with E-state index in [2.05, 4.69) is 80.1 Å². The van der Waals surface area contributed by atoms with E-state index in [0.717, 1.165) is 16.0 Å². The van der Waals surface area contributed by atoms with Crippen LogP contribution in [0.1, 0.15) is 18.1 Å². The van der Waals surface area contributed by atoms with E-state index in [1.54, 1.807) is 0 Å². The van der Waals surface area contributed by atoms with Gasteiger partial charge < -0.3 is 0 Å². The zero-order chi connectivity index (χ0) is 16.2. The molecule has 23 heavy (non-hydrogen) atoms. The van der Waals surface area contributed by atoms with Crippen LogP contribution in [0.25, 0.3) is 29.0 Å². The molecule has 0 saturated carbocycles. The second-order valence-corrected chi connectivity index (χ2v) is 5.59. The molecule has 0 radical (unpaired) electrons. The Morgan fingerprint density at radius 3 is 2.48 bits per heavy atom. The Bertz CT molecular complexity index is 1030. The average molecular weight is 294 g/mol. The molecule has 0 amide bonds. The maximum Gasteiger partial charge on any atom is 0.0243 e. The van der Waals surface area contributed by atoms with Crippen LogP contribution in [0.3, 0.4) is 0 Å². The number of terminal acetylenes is 1. The first-order chi connectivity index (χ1) is 11.2. The minimum absolute atomic E-state index is 0.903. The van der Waals surface area contributed by atoms with Crippen molar-refractivity contribution in [1.82, 2.24) is 0 Å². The highest BCUT2D eigenvalue weighted by atomic mass is 14.0. The molecule has 0 aliphatic carbocycles. The first kappa shape index (κ1) is 14.9. The lowest BCUT2D eigenvalue weighted by atomic mass is 10.0. The van der Waals surface area contributed by atoms with Crippen LogP contribution in [0, 0.1) is 12.3 Å². The topological polar surface area (TPSA) is 0 Å². The van der Waals surface area contributed by atoms with E-state index in [9.17, 15) is 0 Å². The van der Waals surface area contributed by atoms with E-state index in [1.807, 2.05) is 12.1 Å². The smallest absolute Gasteiger partial charge is 0.0243 e. The van der Waals surface area contributed by atoms with E-state index >= 15 is 0 Å². The molecule has 3 aromatic rings. The molecule has 0 heteroatoms. The van der Waals surface area contributed by atoms with Gasteiger partial charge in [-0.25, -0.2) is 0 Å². The molecule has 0 aliphatic rings. The Morgan fingerprint density at radius 2 is 1.74 bits per heavy atom.